The highest BCUT2D eigenvalue weighted by Crippen LogP contribution is 2.45. The van der Waals surface area contributed by atoms with Gasteiger partial charge in [0, 0.05) is 49.7 Å². The molecule has 1 aliphatic carbocycles. The molecule has 4 aliphatic rings. The van der Waals surface area contributed by atoms with Crippen molar-refractivity contribution in [2.45, 2.75) is 115 Å². The molecule has 1 saturated carbocycles. The molecule has 8 nitrogen and oxygen atoms in total. The van der Waals surface area contributed by atoms with E-state index >= 15 is 4.39 Å². The van der Waals surface area contributed by atoms with E-state index in [0.29, 0.717) is 69.6 Å². The highest BCUT2D eigenvalue weighted by Gasteiger charge is 2.49. The Morgan fingerprint density at radius 3 is 2.39 bits per heavy atom. The highest BCUT2D eigenvalue weighted by atomic mass is 28.3. The molecule has 2 aromatic heterocycles. The first-order valence-corrected chi connectivity index (χ1v) is 23.4. The van der Waals surface area contributed by atoms with Crippen LogP contribution >= 0.6 is 0 Å². The first-order valence-electron chi connectivity index (χ1n) is 21.2. The predicted molar refractivity (Wildman–Crippen MR) is 227 cm³/mol. The molecule has 2 unspecified atom stereocenters. The Balaban J connectivity index is 1.32. The number of aryl methyl sites for hydroxylation is 1. The van der Waals surface area contributed by atoms with Crippen LogP contribution in [0.1, 0.15) is 91.3 Å². The third kappa shape index (κ3) is 7.18. The number of piperidine rings is 1. The zero-order valence-electron chi connectivity index (χ0n) is 35.1. The van der Waals surface area contributed by atoms with Crippen LogP contribution in [0.4, 0.5) is 14.6 Å². The molecule has 5 heterocycles. The summed E-state index contributed by atoms with van der Waals surface area (Å²) in [6.45, 7) is 19.1. The van der Waals surface area contributed by atoms with Crippen molar-refractivity contribution in [3.63, 3.8) is 0 Å². The smallest absolute Gasteiger partial charge is 0.319 e. The van der Waals surface area contributed by atoms with Gasteiger partial charge in [0.1, 0.15) is 43.6 Å². The quantitative estimate of drug-likeness (QED) is 0.0845. The Labute approximate surface area is 338 Å². The number of benzene rings is 2. The van der Waals surface area contributed by atoms with Crippen molar-refractivity contribution < 1.29 is 23.0 Å². The van der Waals surface area contributed by atoms with Crippen LogP contribution < -0.4 is 14.4 Å². The van der Waals surface area contributed by atoms with Crippen LogP contribution in [0.3, 0.4) is 0 Å². The first kappa shape index (κ1) is 39.9. The van der Waals surface area contributed by atoms with E-state index in [4.69, 9.17) is 29.2 Å². The van der Waals surface area contributed by atoms with Gasteiger partial charge in [-0.1, -0.05) is 59.6 Å². The van der Waals surface area contributed by atoms with Crippen molar-refractivity contribution in [3.05, 3.63) is 47.4 Å². The highest BCUT2D eigenvalue weighted by molar-refractivity contribution is 6.90. The van der Waals surface area contributed by atoms with E-state index in [0.717, 1.165) is 48.8 Å². The van der Waals surface area contributed by atoms with Crippen LogP contribution in [-0.2, 0) is 4.74 Å². The van der Waals surface area contributed by atoms with Gasteiger partial charge in [0.25, 0.3) is 0 Å². The molecular weight excluding hydrogens is 737 g/mol. The largest absolute Gasteiger partial charge is 0.468 e. The fraction of sp³-hybridized carbons (Fsp3) is 0.587. The number of hydrogen-bond donors (Lipinski definition) is 0. The van der Waals surface area contributed by atoms with Gasteiger partial charge in [-0.3, -0.25) is 4.90 Å². The minimum Gasteiger partial charge on any atom is -0.468 e. The first-order chi connectivity index (χ1) is 27.3. The van der Waals surface area contributed by atoms with Crippen molar-refractivity contribution >= 4 is 35.6 Å². The topological polar surface area (TPSA) is 72.8 Å². The average Bonchev–Trinajstić information content (AvgIpc) is 3.83. The molecular formula is C46H59F2N5O3Si. The van der Waals surface area contributed by atoms with Crippen molar-refractivity contribution in [2.24, 2.45) is 11.8 Å². The molecule has 0 N–H and O–H groups in total. The van der Waals surface area contributed by atoms with Crippen molar-refractivity contribution in [1.29, 1.82) is 0 Å². The van der Waals surface area contributed by atoms with Gasteiger partial charge >= 0.3 is 6.01 Å². The van der Waals surface area contributed by atoms with Crippen molar-refractivity contribution in [1.82, 2.24) is 19.9 Å². The standard InChI is InChI=1S/C46H59F2N5O3Si/c1-28(2)57(29(3)4,30(5)6)18-15-34-11-9-12-35-20-37(56-27-54-8)21-38(40(34)35)42-41(48)43-39(31(7)49-42)44(52-23-32-13-14-33(19-32)24-52)51-45(50-43)55-26-46-16-10-17-53(46)25-36(47)22-46/h9,11-12,20-21,28-30,32-33,36H,10,13-14,16-17,19,22-27H2,1-8H3/t32?,33?,36-,46+/m1/s1. The summed E-state index contributed by atoms with van der Waals surface area (Å²) < 4.78 is 50.3. The number of alkyl halides is 1. The number of halogens is 2. The number of aromatic nitrogens is 3. The van der Waals surface area contributed by atoms with Crippen LogP contribution in [0.15, 0.2) is 30.3 Å². The summed E-state index contributed by atoms with van der Waals surface area (Å²) >= 11 is 0. The molecule has 3 saturated heterocycles. The maximum Gasteiger partial charge on any atom is 0.319 e. The van der Waals surface area contributed by atoms with Crippen LogP contribution in [0.2, 0.25) is 16.6 Å². The minimum atomic E-state index is -2.10. The summed E-state index contributed by atoms with van der Waals surface area (Å²) in [5.41, 5.74) is 7.29. The number of rotatable bonds is 11. The van der Waals surface area contributed by atoms with Gasteiger partial charge in [-0.15, -0.1) is 5.54 Å². The fourth-order valence-corrected chi connectivity index (χ4v) is 16.5. The fourth-order valence-electron chi connectivity index (χ4n) is 11.3. The van der Waals surface area contributed by atoms with E-state index in [-0.39, 0.29) is 36.2 Å². The zero-order valence-corrected chi connectivity index (χ0v) is 36.1. The second-order valence-corrected chi connectivity index (χ2v) is 23.9. The van der Waals surface area contributed by atoms with E-state index in [2.05, 4.69) is 62.8 Å². The molecule has 2 bridgehead atoms. The summed E-state index contributed by atoms with van der Waals surface area (Å²) in [6.07, 6.45) is 5.02. The number of anilines is 1. The average molecular weight is 796 g/mol. The lowest BCUT2D eigenvalue weighted by atomic mass is 9.95. The summed E-state index contributed by atoms with van der Waals surface area (Å²) in [5, 5.41) is 2.29. The molecule has 4 fully saturated rings. The lowest BCUT2D eigenvalue weighted by Gasteiger charge is -2.38. The molecule has 11 heteroatoms. The van der Waals surface area contributed by atoms with Gasteiger partial charge in [-0.25, -0.2) is 13.8 Å². The molecule has 57 heavy (non-hydrogen) atoms. The van der Waals surface area contributed by atoms with Crippen molar-refractivity contribution in [2.75, 3.05) is 51.6 Å². The van der Waals surface area contributed by atoms with Crippen LogP contribution in [0.5, 0.6) is 11.8 Å². The molecule has 304 valence electrons. The van der Waals surface area contributed by atoms with E-state index in [1.165, 1.54) is 19.3 Å². The van der Waals surface area contributed by atoms with Gasteiger partial charge in [0.15, 0.2) is 12.6 Å². The van der Waals surface area contributed by atoms with Gasteiger partial charge in [-0.2, -0.15) is 9.97 Å². The molecule has 8 rings (SSSR count). The van der Waals surface area contributed by atoms with Gasteiger partial charge in [0.05, 0.1) is 16.6 Å². The van der Waals surface area contributed by atoms with Crippen LogP contribution in [-0.4, -0.2) is 86.3 Å². The number of methoxy groups -OCH3 is 1. The lowest BCUT2D eigenvalue weighted by molar-refractivity contribution is 0.0512. The van der Waals surface area contributed by atoms with Crippen LogP contribution in [0, 0.1) is 36.0 Å². The maximum atomic E-state index is 17.8. The molecule has 0 radical (unpaired) electrons. The summed E-state index contributed by atoms with van der Waals surface area (Å²) in [7, 11) is -0.517. The molecule has 4 aromatic rings. The monoisotopic (exact) mass is 795 g/mol. The summed E-state index contributed by atoms with van der Waals surface area (Å²) in [5.74, 6) is 5.49. The summed E-state index contributed by atoms with van der Waals surface area (Å²) in [6, 6.07) is 9.99. The lowest BCUT2D eigenvalue weighted by Crippen LogP contribution is -2.43. The molecule has 0 amide bonds. The molecule has 0 spiro atoms. The Morgan fingerprint density at radius 2 is 1.68 bits per heavy atom. The Kier molecular flexibility index (Phi) is 11.0. The van der Waals surface area contributed by atoms with E-state index in [1.807, 2.05) is 37.3 Å². The second kappa shape index (κ2) is 15.7. The maximum absolute atomic E-state index is 17.8. The number of fused-ring (bicyclic) bond motifs is 5. The summed E-state index contributed by atoms with van der Waals surface area (Å²) in [4.78, 5) is 19.5. The Bertz CT molecular complexity index is 2190. The van der Waals surface area contributed by atoms with Gasteiger partial charge < -0.3 is 19.1 Å². The molecule has 3 aliphatic heterocycles. The minimum absolute atomic E-state index is 0.0412. The van der Waals surface area contributed by atoms with Crippen LogP contribution in [0.25, 0.3) is 32.9 Å². The third-order valence-corrected chi connectivity index (χ3v) is 20.2. The van der Waals surface area contributed by atoms with E-state index in [9.17, 15) is 4.39 Å². The normalized spacial score (nSPS) is 23.6. The van der Waals surface area contributed by atoms with E-state index in [1.54, 1.807) is 7.11 Å². The van der Waals surface area contributed by atoms with Gasteiger partial charge in [-0.05, 0) is 97.6 Å². The number of nitrogens with zero attached hydrogens (tertiary/aromatic N) is 5. The second-order valence-electron chi connectivity index (χ2n) is 18.3. The molecule has 2 aromatic carbocycles. The Morgan fingerprint density at radius 1 is 0.947 bits per heavy atom. The van der Waals surface area contributed by atoms with Crippen molar-refractivity contribution in [3.8, 4) is 34.5 Å². The SMILES string of the molecule is COCOc1cc(-c2nc(C)c3c(N4CC5CCC(C5)C4)nc(OC[C@@]45CCCN4C[C@H](F)C5)nc3c2F)c2c(C#C[Si](C(C)C)(C(C)C)C(C)C)cccc2c1. The number of pyridine rings is 1. The van der Waals surface area contributed by atoms with Gasteiger partial charge in [0.2, 0.25) is 0 Å². The number of hydrogen-bond acceptors (Lipinski definition) is 8. The Hall–Kier alpha value is -3.85. The number of ether oxygens (including phenoxy) is 3. The predicted octanol–water partition coefficient (Wildman–Crippen LogP) is 10.0. The third-order valence-electron chi connectivity index (χ3n) is 13.9. The van der Waals surface area contributed by atoms with E-state index < -0.39 is 20.1 Å². The molecule has 4 atom stereocenters. The zero-order chi connectivity index (χ0) is 40.2.